The second-order valence-corrected chi connectivity index (χ2v) is 7.36. The summed E-state index contributed by atoms with van der Waals surface area (Å²) in [6.45, 7) is 12.1. The van der Waals surface area contributed by atoms with Crippen molar-refractivity contribution in [2.45, 2.75) is 85.6 Å². The van der Waals surface area contributed by atoms with Gasteiger partial charge in [-0.2, -0.15) is 0 Å². The van der Waals surface area contributed by atoms with Crippen LogP contribution in [-0.2, 0) is 0 Å². The quantitative estimate of drug-likeness (QED) is 0.656. The molecule has 18 heavy (non-hydrogen) atoms. The van der Waals surface area contributed by atoms with Gasteiger partial charge in [0, 0.05) is 6.04 Å². The molecule has 0 aromatic heterocycles. The molecule has 108 valence electrons. The first-order chi connectivity index (χ1) is 8.41. The molecule has 1 fully saturated rings. The number of hydrogen-bond donors (Lipinski definition) is 1. The summed E-state index contributed by atoms with van der Waals surface area (Å²) in [4.78, 5) is 0. The maximum absolute atomic E-state index is 3.66. The minimum absolute atomic E-state index is 0.459. The zero-order valence-electron chi connectivity index (χ0n) is 13.6. The van der Waals surface area contributed by atoms with Crippen molar-refractivity contribution in [1.82, 2.24) is 5.32 Å². The summed E-state index contributed by atoms with van der Waals surface area (Å²) in [5, 5.41) is 3.66. The van der Waals surface area contributed by atoms with Gasteiger partial charge in [-0.3, -0.25) is 0 Å². The smallest absolute Gasteiger partial charge is 0.0149 e. The first kappa shape index (κ1) is 16.0. The van der Waals surface area contributed by atoms with Crippen LogP contribution in [0.2, 0.25) is 0 Å². The SMILES string of the molecule is CCCCC[C@@H]1C(NC)C(C)(C)CC[C@@]1(C)CC. The lowest BCUT2D eigenvalue weighted by Crippen LogP contribution is -2.55. The van der Waals surface area contributed by atoms with E-state index in [0.29, 0.717) is 16.9 Å². The third-order valence-corrected chi connectivity index (χ3v) is 5.72. The molecule has 0 heterocycles. The molecule has 1 unspecified atom stereocenters. The van der Waals surface area contributed by atoms with E-state index in [2.05, 4.69) is 47.0 Å². The van der Waals surface area contributed by atoms with Gasteiger partial charge in [0.1, 0.15) is 0 Å². The van der Waals surface area contributed by atoms with E-state index in [1.54, 1.807) is 0 Å². The van der Waals surface area contributed by atoms with Crippen LogP contribution in [0.1, 0.15) is 79.6 Å². The fourth-order valence-electron chi connectivity index (χ4n) is 4.06. The van der Waals surface area contributed by atoms with Crippen LogP contribution in [0.4, 0.5) is 0 Å². The van der Waals surface area contributed by atoms with E-state index in [4.69, 9.17) is 0 Å². The highest BCUT2D eigenvalue weighted by atomic mass is 14.9. The van der Waals surface area contributed by atoms with Crippen molar-refractivity contribution in [3.05, 3.63) is 0 Å². The highest BCUT2D eigenvalue weighted by Gasteiger charge is 2.47. The second kappa shape index (κ2) is 6.41. The van der Waals surface area contributed by atoms with Gasteiger partial charge < -0.3 is 5.32 Å². The molecular weight excluding hydrogens is 218 g/mol. The molecule has 0 aromatic rings. The first-order valence-corrected chi connectivity index (χ1v) is 8.08. The van der Waals surface area contributed by atoms with E-state index in [1.807, 2.05) is 0 Å². The molecule has 0 bridgehead atoms. The molecule has 0 spiro atoms. The van der Waals surface area contributed by atoms with Gasteiger partial charge in [-0.25, -0.2) is 0 Å². The third-order valence-electron chi connectivity index (χ3n) is 5.72. The van der Waals surface area contributed by atoms with Crippen LogP contribution >= 0.6 is 0 Å². The first-order valence-electron chi connectivity index (χ1n) is 8.08. The second-order valence-electron chi connectivity index (χ2n) is 7.36. The van der Waals surface area contributed by atoms with Crippen LogP contribution < -0.4 is 5.32 Å². The van der Waals surface area contributed by atoms with Gasteiger partial charge in [-0.15, -0.1) is 0 Å². The molecule has 3 atom stereocenters. The Morgan fingerprint density at radius 2 is 1.72 bits per heavy atom. The summed E-state index contributed by atoms with van der Waals surface area (Å²) < 4.78 is 0. The fraction of sp³-hybridized carbons (Fsp3) is 1.00. The van der Waals surface area contributed by atoms with Crippen molar-refractivity contribution in [3.8, 4) is 0 Å². The van der Waals surface area contributed by atoms with Crippen molar-refractivity contribution in [2.75, 3.05) is 7.05 Å². The maximum atomic E-state index is 3.66. The summed E-state index contributed by atoms with van der Waals surface area (Å²) in [7, 11) is 2.17. The van der Waals surface area contributed by atoms with Crippen molar-refractivity contribution < 1.29 is 0 Å². The van der Waals surface area contributed by atoms with Crippen molar-refractivity contribution in [1.29, 1.82) is 0 Å². The minimum Gasteiger partial charge on any atom is -0.316 e. The normalized spacial score (nSPS) is 35.7. The number of nitrogens with one attached hydrogen (secondary N) is 1. The maximum Gasteiger partial charge on any atom is 0.0149 e. The van der Waals surface area contributed by atoms with E-state index >= 15 is 0 Å². The monoisotopic (exact) mass is 253 g/mol. The Balaban J connectivity index is 2.84. The minimum atomic E-state index is 0.459. The molecule has 1 rings (SSSR count). The molecule has 1 aliphatic carbocycles. The Labute approximate surface area is 115 Å². The topological polar surface area (TPSA) is 12.0 Å². The Hall–Kier alpha value is -0.0400. The number of rotatable bonds is 6. The lowest BCUT2D eigenvalue weighted by Gasteiger charge is -2.53. The van der Waals surface area contributed by atoms with Crippen LogP contribution in [0.3, 0.4) is 0 Å². The van der Waals surface area contributed by atoms with E-state index in [-0.39, 0.29) is 0 Å². The Kier molecular flexibility index (Phi) is 5.70. The van der Waals surface area contributed by atoms with Crippen LogP contribution in [0.25, 0.3) is 0 Å². The number of unbranched alkanes of at least 4 members (excludes halogenated alkanes) is 2. The molecule has 0 aromatic carbocycles. The summed E-state index contributed by atoms with van der Waals surface area (Å²) in [5.74, 6) is 0.850. The van der Waals surface area contributed by atoms with E-state index in [9.17, 15) is 0 Å². The van der Waals surface area contributed by atoms with Gasteiger partial charge in [0.05, 0.1) is 0 Å². The lowest BCUT2D eigenvalue weighted by molar-refractivity contribution is -0.00714. The van der Waals surface area contributed by atoms with E-state index in [0.717, 1.165) is 5.92 Å². The van der Waals surface area contributed by atoms with Gasteiger partial charge in [0.25, 0.3) is 0 Å². The molecule has 0 saturated heterocycles. The zero-order valence-corrected chi connectivity index (χ0v) is 13.6. The van der Waals surface area contributed by atoms with E-state index in [1.165, 1.54) is 44.9 Å². The van der Waals surface area contributed by atoms with Gasteiger partial charge in [-0.05, 0) is 43.1 Å². The average molecular weight is 253 g/mol. The van der Waals surface area contributed by atoms with Crippen molar-refractivity contribution in [3.63, 3.8) is 0 Å². The molecule has 0 radical (unpaired) electrons. The van der Waals surface area contributed by atoms with Gasteiger partial charge >= 0.3 is 0 Å². The van der Waals surface area contributed by atoms with Crippen LogP contribution in [-0.4, -0.2) is 13.1 Å². The summed E-state index contributed by atoms with van der Waals surface area (Å²) in [5.41, 5.74) is 1.01. The highest BCUT2D eigenvalue weighted by molar-refractivity contribution is 5.01. The van der Waals surface area contributed by atoms with E-state index < -0.39 is 0 Å². The van der Waals surface area contributed by atoms with Gasteiger partial charge in [-0.1, -0.05) is 60.3 Å². The molecule has 1 heteroatoms. The molecule has 1 aliphatic rings. The van der Waals surface area contributed by atoms with Crippen LogP contribution in [0.5, 0.6) is 0 Å². The molecule has 1 nitrogen and oxygen atoms in total. The van der Waals surface area contributed by atoms with Crippen LogP contribution in [0, 0.1) is 16.7 Å². The summed E-state index contributed by atoms with van der Waals surface area (Å²) >= 11 is 0. The molecule has 1 saturated carbocycles. The highest BCUT2D eigenvalue weighted by Crippen LogP contribution is 2.52. The zero-order chi connectivity index (χ0) is 13.8. The Morgan fingerprint density at radius 1 is 1.06 bits per heavy atom. The summed E-state index contributed by atoms with van der Waals surface area (Å²) in [6, 6.07) is 0.688. The predicted molar refractivity (Wildman–Crippen MR) is 81.9 cm³/mol. The van der Waals surface area contributed by atoms with Crippen molar-refractivity contribution >= 4 is 0 Å². The molecular formula is C17H35N. The standard InChI is InChI=1S/C17H35N/c1-7-9-10-11-14-15(18-6)16(3,4)12-13-17(14,5)8-2/h14-15,18H,7-13H2,1-6H3/t14-,15?,17-/m1/s1. The fourth-order valence-corrected chi connectivity index (χ4v) is 4.06. The average Bonchev–Trinajstić information content (AvgIpc) is 2.34. The summed E-state index contributed by atoms with van der Waals surface area (Å²) in [6.07, 6.45) is 9.66. The number of hydrogen-bond acceptors (Lipinski definition) is 1. The Morgan fingerprint density at radius 3 is 2.22 bits per heavy atom. The van der Waals surface area contributed by atoms with Gasteiger partial charge in [0.15, 0.2) is 0 Å². The lowest BCUT2D eigenvalue weighted by atomic mass is 9.55. The molecule has 0 amide bonds. The largest absolute Gasteiger partial charge is 0.316 e. The molecule has 0 aliphatic heterocycles. The third kappa shape index (κ3) is 3.29. The molecule has 1 N–H and O–H groups in total. The predicted octanol–water partition coefficient (Wildman–Crippen LogP) is 5.01. The Bertz CT molecular complexity index is 246. The van der Waals surface area contributed by atoms with Crippen LogP contribution in [0.15, 0.2) is 0 Å². The van der Waals surface area contributed by atoms with Gasteiger partial charge in [0.2, 0.25) is 0 Å². The van der Waals surface area contributed by atoms with Crippen molar-refractivity contribution in [2.24, 2.45) is 16.7 Å².